The summed E-state index contributed by atoms with van der Waals surface area (Å²) >= 11 is 0. The zero-order chi connectivity index (χ0) is 32.1. The highest BCUT2D eigenvalue weighted by molar-refractivity contribution is 6.13. The SMILES string of the molecule is COc1c(N2CCC(N3CCOCC3)CC2)cc2c(c1N1CCC(N3CCOCC3)CC1)c(=O)c1c3ccc(C#N)cc3[nH]c1n2C. The third-order valence-electron chi connectivity index (χ3n) is 11.2. The lowest BCUT2D eigenvalue weighted by Crippen LogP contribution is -2.49. The summed E-state index contributed by atoms with van der Waals surface area (Å²) in [6.45, 7) is 10.8. The van der Waals surface area contributed by atoms with Crippen molar-refractivity contribution in [2.45, 2.75) is 37.8 Å². The fourth-order valence-electron chi connectivity index (χ4n) is 8.64. The number of hydrogen-bond donors (Lipinski definition) is 1. The Morgan fingerprint density at radius 2 is 1.43 bits per heavy atom. The van der Waals surface area contributed by atoms with Gasteiger partial charge in [0.1, 0.15) is 5.65 Å². The summed E-state index contributed by atoms with van der Waals surface area (Å²) < 4.78 is 19.7. The Morgan fingerprint density at radius 1 is 0.830 bits per heavy atom. The summed E-state index contributed by atoms with van der Waals surface area (Å²) in [6.07, 6.45) is 4.24. The smallest absolute Gasteiger partial charge is 0.201 e. The Morgan fingerprint density at radius 3 is 2.00 bits per heavy atom. The van der Waals surface area contributed by atoms with Crippen LogP contribution in [0.3, 0.4) is 0 Å². The predicted octanol–water partition coefficient (Wildman–Crippen LogP) is 3.66. The molecule has 0 saturated carbocycles. The quantitative estimate of drug-likeness (QED) is 0.351. The van der Waals surface area contributed by atoms with Gasteiger partial charge in [-0.3, -0.25) is 14.6 Å². The summed E-state index contributed by atoms with van der Waals surface area (Å²) in [6, 6.07) is 11.0. The Balaban J connectivity index is 1.25. The van der Waals surface area contributed by atoms with Crippen molar-refractivity contribution in [3.63, 3.8) is 0 Å². The van der Waals surface area contributed by atoms with E-state index >= 15 is 0 Å². The van der Waals surface area contributed by atoms with Crippen molar-refractivity contribution >= 4 is 44.2 Å². The minimum absolute atomic E-state index is 0.00485. The molecule has 11 heteroatoms. The number of anilines is 2. The number of aromatic nitrogens is 2. The molecule has 47 heavy (non-hydrogen) atoms. The van der Waals surface area contributed by atoms with Crippen molar-refractivity contribution in [2.24, 2.45) is 7.05 Å². The van der Waals surface area contributed by atoms with E-state index in [0.717, 1.165) is 144 Å². The number of ether oxygens (including phenoxy) is 3. The van der Waals surface area contributed by atoms with Crippen molar-refractivity contribution in [3.05, 3.63) is 40.1 Å². The van der Waals surface area contributed by atoms with Crippen LogP contribution in [0.2, 0.25) is 0 Å². The van der Waals surface area contributed by atoms with Crippen molar-refractivity contribution in [3.8, 4) is 11.8 Å². The highest BCUT2D eigenvalue weighted by Gasteiger charge is 2.33. The Kier molecular flexibility index (Phi) is 8.22. The first-order valence-corrected chi connectivity index (χ1v) is 17.3. The molecule has 0 atom stereocenters. The first-order chi connectivity index (χ1) is 23.1. The molecule has 4 aliphatic heterocycles. The third kappa shape index (κ3) is 5.32. The molecule has 4 aromatic rings. The fourth-order valence-corrected chi connectivity index (χ4v) is 8.64. The van der Waals surface area contributed by atoms with Crippen molar-refractivity contribution in [1.82, 2.24) is 19.4 Å². The van der Waals surface area contributed by atoms with Gasteiger partial charge in [-0.05, 0) is 43.9 Å². The molecule has 0 aliphatic carbocycles. The van der Waals surface area contributed by atoms with Crippen LogP contribution in [0.1, 0.15) is 31.2 Å². The van der Waals surface area contributed by atoms with Gasteiger partial charge in [-0.2, -0.15) is 5.26 Å². The van der Waals surface area contributed by atoms with E-state index in [4.69, 9.17) is 14.2 Å². The average molecular weight is 640 g/mol. The monoisotopic (exact) mass is 639 g/mol. The molecule has 1 N–H and O–H groups in total. The first kappa shape index (κ1) is 30.5. The van der Waals surface area contributed by atoms with Gasteiger partial charge in [0.05, 0.1) is 72.8 Å². The highest BCUT2D eigenvalue weighted by Crippen LogP contribution is 2.46. The number of pyridine rings is 1. The number of rotatable bonds is 5. The summed E-state index contributed by atoms with van der Waals surface area (Å²) in [5.41, 5.74) is 5.01. The first-order valence-electron chi connectivity index (χ1n) is 17.3. The fraction of sp³-hybridized carbons (Fsp3) is 0.556. The van der Waals surface area contributed by atoms with E-state index in [-0.39, 0.29) is 5.43 Å². The Labute approximate surface area is 275 Å². The molecular weight excluding hydrogens is 594 g/mol. The van der Waals surface area contributed by atoms with Crippen molar-refractivity contribution in [2.75, 3.05) is 95.7 Å². The van der Waals surface area contributed by atoms with Crippen molar-refractivity contribution in [1.29, 1.82) is 5.26 Å². The molecule has 8 rings (SSSR count). The van der Waals surface area contributed by atoms with Gasteiger partial charge in [-0.25, -0.2) is 0 Å². The van der Waals surface area contributed by atoms with Gasteiger partial charge in [-0.15, -0.1) is 0 Å². The minimum atomic E-state index is 0.00485. The van der Waals surface area contributed by atoms with E-state index in [1.54, 1.807) is 13.2 Å². The number of benzene rings is 2. The highest BCUT2D eigenvalue weighted by atomic mass is 16.5. The van der Waals surface area contributed by atoms with Crippen LogP contribution in [0.5, 0.6) is 5.75 Å². The van der Waals surface area contributed by atoms with Gasteiger partial charge in [-0.1, -0.05) is 6.07 Å². The molecule has 0 radical (unpaired) electrons. The molecule has 248 valence electrons. The number of fused-ring (bicyclic) bond motifs is 4. The summed E-state index contributed by atoms with van der Waals surface area (Å²) in [7, 11) is 3.80. The second-order valence-corrected chi connectivity index (χ2v) is 13.5. The van der Waals surface area contributed by atoms with Gasteiger partial charge in [0.15, 0.2) is 5.75 Å². The van der Waals surface area contributed by atoms with Gasteiger partial charge in [0.2, 0.25) is 5.43 Å². The maximum Gasteiger partial charge on any atom is 0.201 e. The lowest BCUT2D eigenvalue weighted by molar-refractivity contribution is 0.0114. The van der Waals surface area contributed by atoms with Crippen LogP contribution < -0.4 is 20.0 Å². The third-order valence-corrected chi connectivity index (χ3v) is 11.2. The van der Waals surface area contributed by atoms with Crippen LogP contribution in [-0.2, 0) is 16.5 Å². The van der Waals surface area contributed by atoms with Crippen LogP contribution in [0, 0.1) is 11.3 Å². The lowest BCUT2D eigenvalue weighted by atomic mass is 9.98. The molecule has 4 fully saturated rings. The number of methoxy groups -OCH3 is 1. The largest absolute Gasteiger partial charge is 0.492 e. The predicted molar refractivity (Wildman–Crippen MR) is 185 cm³/mol. The second kappa shape index (κ2) is 12.7. The molecular formula is C36H45N7O4. The zero-order valence-electron chi connectivity index (χ0n) is 27.6. The zero-order valence-corrected chi connectivity index (χ0v) is 27.6. The molecule has 4 aliphatic rings. The number of aryl methyl sites for hydroxylation is 1. The van der Waals surface area contributed by atoms with Crippen LogP contribution in [0.25, 0.3) is 32.8 Å². The van der Waals surface area contributed by atoms with E-state index in [1.165, 1.54) is 0 Å². The Hall–Kier alpha value is -3.82. The van der Waals surface area contributed by atoms with Gasteiger partial charge in [0, 0.05) is 82.4 Å². The maximum atomic E-state index is 14.8. The summed E-state index contributed by atoms with van der Waals surface area (Å²) in [4.78, 5) is 28.3. The molecule has 0 amide bonds. The van der Waals surface area contributed by atoms with Crippen LogP contribution in [0.15, 0.2) is 29.1 Å². The molecule has 0 unspecified atom stereocenters. The molecule has 0 spiro atoms. The van der Waals surface area contributed by atoms with Crippen molar-refractivity contribution < 1.29 is 14.2 Å². The van der Waals surface area contributed by atoms with Gasteiger partial charge >= 0.3 is 0 Å². The van der Waals surface area contributed by atoms with E-state index < -0.39 is 0 Å². The normalized spacial score (nSPS) is 21.2. The Bertz CT molecular complexity index is 1880. The van der Waals surface area contributed by atoms with E-state index in [1.807, 2.05) is 19.2 Å². The number of aromatic amines is 1. The minimum Gasteiger partial charge on any atom is -0.492 e. The lowest BCUT2D eigenvalue weighted by Gasteiger charge is -2.43. The van der Waals surface area contributed by atoms with E-state index in [2.05, 4.69) is 41.3 Å². The van der Waals surface area contributed by atoms with Gasteiger partial charge in [0.25, 0.3) is 0 Å². The number of nitriles is 1. The molecule has 6 heterocycles. The summed E-state index contributed by atoms with van der Waals surface area (Å²) in [5, 5.41) is 11.8. The molecule has 2 aromatic heterocycles. The topological polar surface area (TPSA) is 102 Å². The number of piperidine rings is 2. The second-order valence-electron chi connectivity index (χ2n) is 13.5. The maximum absolute atomic E-state index is 14.8. The van der Waals surface area contributed by atoms with E-state index in [9.17, 15) is 10.1 Å². The number of morpholine rings is 2. The molecule has 4 saturated heterocycles. The molecule has 0 bridgehead atoms. The van der Waals surface area contributed by atoms with Gasteiger partial charge < -0.3 is 33.6 Å². The van der Waals surface area contributed by atoms with Crippen LogP contribution in [-0.4, -0.2) is 117 Å². The molecule has 2 aromatic carbocycles. The standard InChI is InChI=1S/C36H45N7O4/c1-39-29-22-30(42-9-5-25(6-10-42)40-13-17-46-18-14-40)35(45-2)33(43-11-7-26(8-12-43)41-15-19-47-20-16-41)32(29)34(44)31-27-4-3-24(23-37)21-28(27)38-36(31)39/h3-4,21-22,25-26,38H,5-20H2,1-2H3. The van der Waals surface area contributed by atoms with Crippen LogP contribution in [0.4, 0.5) is 11.4 Å². The number of H-pyrrole nitrogens is 1. The average Bonchev–Trinajstić information content (AvgIpc) is 3.53. The number of hydrogen-bond acceptors (Lipinski definition) is 9. The number of nitrogens with zero attached hydrogens (tertiary/aromatic N) is 6. The van der Waals surface area contributed by atoms with E-state index in [0.29, 0.717) is 28.4 Å². The molecule has 11 nitrogen and oxygen atoms in total. The van der Waals surface area contributed by atoms with Crippen LogP contribution >= 0.6 is 0 Å². The number of nitrogens with one attached hydrogen (secondary N) is 1. The summed E-state index contributed by atoms with van der Waals surface area (Å²) in [5.74, 6) is 0.801.